The summed E-state index contributed by atoms with van der Waals surface area (Å²) in [5.41, 5.74) is 0. The van der Waals surface area contributed by atoms with Crippen LogP contribution in [0.5, 0.6) is 0 Å². The third kappa shape index (κ3) is 59.6. The van der Waals surface area contributed by atoms with Crippen LogP contribution in [0.3, 0.4) is 0 Å². The van der Waals surface area contributed by atoms with Crippen LogP contribution in [0.1, 0.15) is 303 Å². The van der Waals surface area contributed by atoms with Crippen molar-refractivity contribution in [1.82, 2.24) is 0 Å². The molecule has 0 saturated heterocycles. The molecule has 0 aromatic rings. The molecule has 0 bridgehead atoms. The van der Waals surface area contributed by atoms with Gasteiger partial charge in [-0.25, -0.2) is 0 Å². The van der Waals surface area contributed by atoms with E-state index in [0.29, 0.717) is 25.9 Å². The lowest BCUT2D eigenvalue weighted by molar-refractivity contribution is -0.162. The van der Waals surface area contributed by atoms with Crippen molar-refractivity contribution in [2.24, 2.45) is 0 Å². The van der Waals surface area contributed by atoms with E-state index in [0.717, 1.165) is 64.2 Å². The zero-order chi connectivity index (χ0) is 52.0. The Balaban J connectivity index is 4.37. The van der Waals surface area contributed by atoms with Crippen molar-refractivity contribution in [3.05, 3.63) is 85.1 Å². The standard InChI is InChI=1S/C67H118O5/c1-4-7-10-13-16-19-22-25-28-31-34-36-39-42-45-48-51-54-57-60-66(68)71-64-65(63-70-62-59-56-53-50-47-44-41-38-33-30-27-24-21-18-15-12-9-6-3)72-67(69)61-58-55-52-49-46-43-40-37-35-32-29-26-23-20-17-14-11-8-5-2/h7,10,16,19,25,27-28,30,34,36,42,45,51,54,65H,4-6,8-9,11-15,17-18,20-24,26,29,31-33,35,37-41,43-44,46-50,52-53,55-64H2,1-3H3/b10-7-,19-16-,28-25-,30-27-,36-34-,45-42-,54-51-. The first-order valence-corrected chi connectivity index (χ1v) is 31.1. The lowest BCUT2D eigenvalue weighted by atomic mass is 10.0. The van der Waals surface area contributed by atoms with Crippen molar-refractivity contribution in [2.45, 2.75) is 309 Å². The summed E-state index contributed by atoms with van der Waals surface area (Å²) in [5.74, 6) is -0.483. The van der Waals surface area contributed by atoms with Gasteiger partial charge in [-0.3, -0.25) is 9.59 Å². The summed E-state index contributed by atoms with van der Waals surface area (Å²) in [6.45, 7) is 7.67. The van der Waals surface area contributed by atoms with Gasteiger partial charge in [0.05, 0.1) is 6.61 Å². The number of hydrogen-bond acceptors (Lipinski definition) is 5. The van der Waals surface area contributed by atoms with Crippen molar-refractivity contribution < 1.29 is 23.8 Å². The minimum absolute atomic E-state index is 0.0441. The first-order valence-electron chi connectivity index (χ1n) is 31.1. The van der Waals surface area contributed by atoms with Gasteiger partial charge in [0, 0.05) is 19.4 Å². The highest BCUT2D eigenvalue weighted by Crippen LogP contribution is 2.16. The number of ether oxygens (including phenoxy) is 3. The number of unbranched alkanes of at least 4 members (excludes halogenated alkanes) is 32. The first kappa shape index (κ1) is 69.1. The van der Waals surface area contributed by atoms with Gasteiger partial charge in [-0.2, -0.15) is 0 Å². The average Bonchev–Trinajstić information content (AvgIpc) is 3.38. The maximum Gasteiger partial charge on any atom is 0.306 e. The largest absolute Gasteiger partial charge is 0.462 e. The Labute approximate surface area is 448 Å². The van der Waals surface area contributed by atoms with Crippen LogP contribution in [0.15, 0.2) is 85.1 Å². The van der Waals surface area contributed by atoms with Crippen LogP contribution in [-0.2, 0) is 23.8 Å². The van der Waals surface area contributed by atoms with E-state index in [1.807, 2.05) is 6.08 Å². The van der Waals surface area contributed by atoms with Crippen LogP contribution in [0.2, 0.25) is 0 Å². The fourth-order valence-electron chi connectivity index (χ4n) is 8.83. The Bertz CT molecular complexity index is 1320. The fraction of sp³-hybridized carbons (Fsp3) is 0.761. The molecule has 0 amide bonds. The normalized spacial score (nSPS) is 12.8. The summed E-state index contributed by atoms with van der Waals surface area (Å²) in [7, 11) is 0. The first-order chi connectivity index (χ1) is 35.6. The fourth-order valence-corrected chi connectivity index (χ4v) is 8.83. The molecular formula is C67H118O5. The summed E-state index contributed by atoms with van der Waals surface area (Å²) < 4.78 is 17.5. The predicted octanol–water partition coefficient (Wildman–Crippen LogP) is 21.6. The SMILES string of the molecule is CC/C=C\C/C=C\C/C=C\C/C=C\C/C=C\C/C=C\CCC(=O)OCC(COCCCCCCCCCC/C=C\CCCCCCCC)OC(=O)CCCCCCCCCCCCCCCCCCCCC. The van der Waals surface area contributed by atoms with E-state index in [4.69, 9.17) is 14.2 Å². The van der Waals surface area contributed by atoms with Crippen molar-refractivity contribution >= 4 is 11.9 Å². The minimum atomic E-state index is -0.571. The highest BCUT2D eigenvalue weighted by atomic mass is 16.6. The van der Waals surface area contributed by atoms with E-state index < -0.39 is 6.10 Å². The van der Waals surface area contributed by atoms with Crippen molar-refractivity contribution in [3.8, 4) is 0 Å². The second-order valence-corrected chi connectivity index (χ2v) is 20.6. The van der Waals surface area contributed by atoms with E-state index in [1.165, 1.54) is 199 Å². The number of hydrogen-bond donors (Lipinski definition) is 0. The Kier molecular flexibility index (Phi) is 59.8. The van der Waals surface area contributed by atoms with Gasteiger partial charge in [-0.15, -0.1) is 0 Å². The van der Waals surface area contributed by atoms with Crippen LogP contribution >= 0.6 is 0 Å². The molecule has 0 aliphatic carbocycles. The summed E-state index contributed by atoms with van der Waals surface area (Å²) in [5, 5.41) is 0. The molecule has 1 atom stereocenters. The molecule has 0 rings (SSSR count). The zero-order valence-electron chi connectivity index (χ0n) is 47.9. The highest BCUT2D eigenvalue weighted by Gasteiger charge is 2.17. The van der Waals surface area contributed by atoms with Gasteiger partial charge >= 0.3 is 11.9 Å². The molecule has 0 aliphatic heterocycles. The Hall–Kier alpha value is -2.92. The van der Waals surface area contributed by atoms with Gasteiger partial charge in [0.15, 0.2) is 6.10 Å². The molecular weight excluding hydrogens is 885 g/mol. The molecule has 0 aromatic carbocycles. The maximum atomic E-state index is 12.9. The molecule has 0 N–H and O–H groups in total. The molecule has 0 aliphatic rings. The van der Waals surface area contributed by atoms with E-state index in [-0.39, 0.29) is 25.2 Å². The van der Waals surface area contributed by atoms with Crippen LogP contribution in [-0.4, -0.2) is 37.9 Å². The van der Waals surface area contributed by atoms with E-state index in [2.05, 4.69) is 99.8 Å². The van der Waals surface area contributed by atoms with E-state index in [1.54, 1.807) is 0 Å². The number of carbonyl (C=O) groups excluding carboxylic acids is 2. The molecule has 0 spiro atoms. The van der Waals surface area contributed by atoms with Crippen LogP contribution in [0, 0.1) is 0 Å². The van der Waals surface area contributed by atoms with Crippen molar-refractivity contribution in [3.63, 3.8) is 0 Å². The lowest BCUT2D eigenvalue weighted by Gasteiger charge is -2.18. The molecule has 0 saturated carbocycles. The monoisotopic (exact) mass is 1000 g/mol. The predicted molar refractivity (Wildman–Crippen MR) is 316 cm³/mol. The van der Waals surface area contributed by atoms with Crippen LogP contribution in [0.25, 0.3) is 0 Å². The summed E-state index contributed by atoms with van der Waals surface area (Å²) in [6.07, 6.45) is 83.5. The lowest BCUT2D eigenvalue weighted by Crippen LogP contribution is -2.30. The van der Waals surface area contributed by atoms with E-state index in [9.17, 15) is 9.59 Å². The van der Waals surface area contributed by atoms with Gasteiger partial charge < -0.3 is 14.2 Å². The van der Waals surface area contributed by atoms with Gasteiger partial charge in [0.2, 0.25) is 0 Å². The van der Waals surface area contributed by atoms with Crippen molar-refractivity contribution in [2.75, 3.05) is 19.8 Å². The van der Waals surface area contributed by atoms with Crippen LogP contribution in [0.4, 0.5) is 0 Å². The number of rotatable bonds is 57. The molecule has 0 fully saturated rings. The van der Waals surface area contributed by atoms with Crippen LogP contribution < -0.4 is 0 Å². The molecule has 0 aromatic heterocycles. The Morgan fingerprint density at radius 1 is 0.319 bits per heavy atom. The number of esters is 2. The Morgan fingerprint density at radius 2 is 0.653 bits per heavy atom. The van der Waals surface area contributed by atoms with Gasteiger partial charge in [0.1, 0.15) is 6.61 Å². The molecule has 1 unspecified atom stereocenters. The molecule has 5 nitrogen and oxygen atoms in total. The minimum Gasteiger partial charge on any atom is -0.462 e. The van der Waals surface area contributed by atoms with Gasteiger partial charge in [0.25, 0.3) is 0 Å². The quantitative estimate of drug-likeness (QED) is 0.0345. The molecule has 0 heterocycles. The number of carbonyl (C=O) groups is 2. The summed E-state index contributed by atoms with van der Waals surface area (Å²) in [4.78, 5) is 25.6. The zero-order valence-corrected chi connectivity index (χ0v) is 47.9. The number of allylic oxidation sites excluding steroid dienone is 14. The Morgan fingerprint density at radius 3 is 1.06 bits per heavy atom. The molecule has 5 heteroatoms. The molecule has 0 radical (unpaired) electrons. The van der Waals surface area contributed by atoms with Crippen molar-refractivity contribution in [1.29, 1.82) is 0 Å². The summed E-state index contributed by atoms with van der Waals surface area (Å²) >= 11 is 0. The molecule has 72 heavy (non-hydrogen) atoms. The third-order valence-electron chi connectivity index (χ3n) is 13.4. The molecule has 416 valence electrons. The highest BCUT2D eigenvalue weighted by molar-refractivity contribution is 5.70. The topological polar surface area (TPSA) is 61.8 Å². The smallest absolute Gasteiger partial charge is 0.306 e. The van der Waals surface area contributed by atoms with E-state index >= 15 is 0 Å². The average molecular weight is 1000 g/mol. The van der Waals surface area contributed by atoms with Gasteiger partial charge in [-0.1, -0.05) is 292 Å². The second kappa shape index (κ2) is 62.4. The summed E-state index contributed by atoms with van der Waals surface area (Å²) in [6, 6.07) is 0. The van der Waals surface area contributed by atoms with Gasteiger partial charge in [-0.05, 0) is 83.5 Å². The second-order valence-electron chi connectivity index (χ2n) is 20.6. The third-order valence-corrected chi connectivity index (χ3v) is 13.4. The maximum absolute atomic E-state index is 12.9.